The molecule has 0 aliphatic heterocycles. The van der Waals surface area contributed by atoms with Crippen molar-refractivity contribution < 1.29 is 14.3 Å². The molecule has 0 fully saturated rings. The van der Waals surface area contributed by atoms with Crippen LogP contribution in [0.25, 0.3) is 10.9 Å². The Balaban J connectivity index is 1.73. The van der Waals surface area contributed by atoms with Crippen LogP contribution in [0.4, 0.5) is 0 Å². The average Bonchev–Trinajstić information content (AvgIpc) is 2.69. The number of methoxy groups -OCH3 is 2. The summed E-state index contributed by atoms with van der Waals surface area (Å²) in [5, 5.41) is 3.83. The topological polar surface area (TPSA) is 80.4 Å². The Hall–Kier alpha value is -3.28. The third kappa shape index (κ3) is 4.01. The number of fused-ring (bicyclic) bond motifs is 1. The van der Waals surface area contributed by atoms with Gasteiger partial charge in [0.15, 0.2) is 0 Å². The van der Waals surface area contributed by atoms with Crippen molar-refractivity contribution in [2.75, 3.05) is 20.8 Å². The zero-order chi connectivity index (χ0) is 20.3. The highest BCUT2D eigenvalue weighted by atomic mass is 16.5. The number of aromatic amines is 1. The number of carbonyl (C=O) groups is 1. The van der Waals surface area contributed by atoms with E-state index in [-0.39, 0.29) is 11.5 Å². The summed E-state index contributed by atoms with van der Waals surface area (Å²) in [6, 6.07) is 10.9. The molecule has 3 aromatic rings. The number of aromatic nitrogens is 1. The van der Waals surface area contributed by atoms with Crippen LogP contribution in [0, 0.1) is 13.8 Å². The normalized spacial score (nSPS) is 10.7. The van der Waals surface area contributed by atoms with Gasteiger partial charge in [-0.1, -0.05) is 0 Å². The highest BCUT2D eigenvalue weighted by Gasteiger charge is 2.13. The monoisotopic (exact) mass is 380 g/mol. The molecule has 0 unspecified atom stereocenters. The first-order valence-electron chi connectivity index (χ1n) is 9.06. The summed E-state index contributed by atoms with van der Waals surface area (Å²) < 4.78 is 10.4. The van der Waals surface area contributed by atoms with Crippen LogP contribution in [-0.2, 0) is 6.42 Å². The molecular weight excluding hydrogens is 356 g/mol. The summed E-state index contributed by atoms with van der Waals surface area (Å²) in [4.78, 5) is 27.7. The molecule has 2 N–H and O–H groups in total. The lowest BCUT2D eigenvalue weighted by molar-refractivity contribution is 0.0951. The summed E-state index contributed by atoms with van der Waals surface area (Å²) in [5.74, 6) is 0.788. The van der Waals surface area contributed by atoms with Gasteiger partial charge < -0.3 is 19.8 Å². The first-order chi connectivity index (χ1) is 13.4. The van der Waals surface area contributed by atoms with Crippen LogP contribution in [0.3, 0.4) is 0 Å². The summed E-state index contributed by atoms with van der Waals surface area (Å²) in [6.07, 6.45) is 0.433. The largest absolute Gasteiger partial charge is 0.497 e. The van der Waals surface area contributed by atoms with Crippen molar-refractivity contribution in [3.8, 4) is 11.5 Å². The van der Waals surface area contributed by atoms with Crippen molar-refractivity contribution in [2.24, 2.45) is 0 Å². The van der Waals surface area contributed by atoms with Gasteiger partial charge in [0.1, 0.15) is 11.5 Å². The fourth-order valence-electron chi connectivity index (χ4n) is 3.10. The molecule has 0 saturated carbocycles. The minimum Gasteiger partial charge on any atom is -0.497 e. The molecule has 6 heteroatoms. The van der Waals surface area contributed by atoms with Gasteiger partial charge in [-0.2, -0.15) is 0 Å². The molecule has 0 bridgehead atoms. The maximum Gasteiger partial charge on any atom is 0.255 e. The average molecular weight is 380 g/mol. The van der Waals surface area contributed by atoms with E-state index in [2.05, 4.69) is 16.4 Å². The highest BCUT2D eigenvalue weighted by Crippen LogP contribution is 2.24. The van der Waals surface area contributed by atoms with Crippen LogP contribution in [-0.4, -0.2) is 31.7 Å². The minimum absolute atomic E-state index is 0.132. The maximum atomic E-state index is 12.5. The summed E-state index contributed by atoms with van der Waals surface area (Å²) in [6.45, 7) is 4.40. The van der Waals surface area contributed by atoms with Crippen molar-refractivity contribution in [3.63, 3.8) is 0 Å². The first-order valence-corrected chi connectivity index (χ1v) is 9.06. The van der Waals surface area contributed by atoms with Crippen molar-refractivity contribution >= 4 is 16.8 Å². The number of rotatable bonds is 6. The SMILES string of the molecule is COc1ccc(C(=O)NCCc2cc3cc(C)c(C)cc3[nH]c2=O)c(OC)c1. The van der Waals surface area contributed by atoms with Crippen molar-refractivity contribution in [2.45, 2.75) is 20.3 Å². The van der Waals surface area contributed by atoms with Crippen LogP contribution in [0.1, 0.15) is 27.0 Å². The lowest BCUT2D eigenvalue weighted by atomic mass is 10.0. The second-order valence-electron chi connectivity index (χ2n) is 6.72. The van der Waals surface area contributed by atoms with E-state index in [0.717, 1.165) is 16.5 Å². The minimum atomic E-state index is -0.261. The molecule has 0 atom stereocenters. The summed E-state index contributed by atoms with van der Waals surface area (Å²) in [5.41, 5.74) is 4.05. The maximum absolute atomic E-state index is 12.5. The predicted octanol–water partition coefficient (Wildman–Crippen LogP) is 3.13. The Morgan fingerprint density at radius 1 is 1.04 bits per heavy atom. The predicted molar refractivity (Wildman–Crippen MR) is 110 cm³/mol. The zero-order valence-corrected chi connectivity index (χ0v) is 16.5. The van der Waals surface area contributed by atoms with Gasteiger partial charge in [0, 0.05) is 23.7 Å². The van der Waals surface area contributed by atoms with E-state index in [1.807, 2.05) is 26.0 Å². The fourth-order valence-corrected chi connectivity index (χ4v) is 3.10. The fraction of sp³-hybridized carbons (Fsp3) is 0.273. The van der Waals surface area contributed by atoms with Crippen molar-refractivity contribution in [1.82, 2.24) is 10.3 Å². The number of hydrogen-bond donors (Lipinski definition) is 2. The number of pyridine rings is 1. The lowest BCUT2D eigenvalue weighted by Gasteiger charge is -2.11. The van der Waals surface area contributed by atoms with E-state index in [1.165, 1.54) is 12.7 Å². The van der Waals surface area contributed by atoms with Gasteiger partial charge in [-0.3, -0.25) is 9.59 Å². The zero-order valence-electron chi connectivity index (χ0n) is 16.5. The van der Waals surface area contributed by atoms with Gasteiger partial charge in [0.25, 0.3) is 11.5 Å². The Bertz CT molecular complexity index is 1090. The Kier molecular flexibility index (Phi) is 5.68. The van der Waals surface area contributed by atoms with Gasteiger partial charge >= 0.3 is 0 Å². The Morgan fingerprint density at radius 3 is 2.50 bits per heavy atom. The van der Waals surface area contributed by atoms with Crippen molar-refractivity contribution in [1.29, 1.82) is 0 Å². The summed E-state index contributed by atoms with van der Waals surface area (Å²) in [7, 11) is 3.06. The van der Waals surface area contributed by atoms with E-state index in [9.17, 15) is 9.59 Å². The van der Waals surface area contributed by atoms with Crippen LogP contribution in [0.15, 0.2) is 41.2 Å². The number of hydrogen-bond acceptors (Lipinski definition) is 4. The van der Waals surface area contributed by atoms with E-state index in [0.29, 0.717) is 35.6 Å². The smallest absolute Gasteiger partial charge is 0.255 e. The van der Waals surface area contributed by atoms with Gasteiger partial charge in [0.2, 0.25) is 0 Å². The molecule has 1 heterocycles. The molecule has 2 aromatic carbocycles. The number of nitrogens with one attached hydrogen (secondary N) is 2. The van der Waals surface area contributed by atoms with Crippen LogP contribution >= 0.6 is 0 Å². The number of carbonyl (C=O) groups excluding carboxylic acids is 1. The van der Waals surface area contributed by atoms with Gasteiger partial charge in [0.05, 0.1) is 19.8 Å². The molecule has 0 radical (unpaired) electrons. The molecule has 28 heavy (non-hydrogen) atoms. The number of H-pyrrole nitrogens is 1. The molecule has 6 nitrogen and oxygen atoms in total. The molecule has 0 aliphatic carbocycles. The second kappa shape index (κ2) is 8.17. The van der Waals surface area contributed by atoms with Crippen LogP contribution in [0.2, 0.25) is 0 Å². The number of amides is 1. The standard InChI is InChI=1S/C22H24N2O4/c1-13-9-16-11-15(21(25)24-19(16)10-14(13)2)7-8-23-22(26)18-6-5-17(27-3)12-20(18)28-4/h5-6,9-12H,7-8H2,1-4H3,(H,23,26)(H,24,25). The van der Waals surface area contributed by atoms with E-state index in [1.54, 1.807) is 25.3 Å². The molecule has 3 rings (SSSR count). The lowest BCUT2D eigenvalue weighted by Crippen LogP contribution is -2.27. The van der Waals surface area contributed by atoms with Gasteiger partial charge in [-0.25, -0.2) is 0 Å². The first kappa shape index (κ1) is 19.5. The third-order valence-corrected chi connectivity index (χ3v) is 4.87. The summed E-state index contributed by atoms with van der Waals surface area (Å²) >= 11 is 0. The molecule has 0 saturated heterocycles. The molecule has 0 spiro atoms. The molecule has 146 valence electrons. The van der Waals surface area contributed by atoms with Crippen LogP contribution < -0.4 is 20.3 Å². The van der Waals surface area contributed by atoms with Crippen LogP contribution in [0.5, 0.6) is 11.5 Å². The second-order valence-corrected chi connectivity index (χ2v) is 6.72. The molecule has 0 aliphatic rings. The van der Waals surface area contributed by atoms with E-state index in [4.69, 9.17) is 9.47 Å². The number of aryl methyl sites for hydroxylation is 2. The number of benzene rings is 2. The van der Waals surface area contributed by atoms with E-state index < -0.39 is 0 Å². The Morgan fingerprint density at radius 2 is 1.79 bits per heavy atom. The van der Waals surface area contributed by atoms with Gasteiger partial charge in [-0.05, 0) is 67.1 Å². The highest BCUT2D eigenvalue weighted by molar-refractivity contribution is 5.97. The molecular formula is C22H24N2O4. The molecule has 1 aromatic heterocycles. The quantitative estimate of drug-likeness (QED) is 0.688. The van der Waals surface area contributed by atoms with Crippen molar-refractivity contribution in [3.05, 3.63) is 69.0 Å². The van der Waals surface area contributed by atoms with E-state index >= 15 is 0 Å². The third-order valence-electron chi connectivity index (χ3n) is 4.87. The Labute approximate surface area is 163 Å². The van der Waals surface area contributed by atoms with Gasteiger partial charge in [-0.15, -0.1) is 0 Å². The number of ether oxygens (including phenoxy) is 2. The molecule has 1 amide bonds.